The topological polar surface area (TPSA) is 151 Å². The van der Waals surface area contributed by atoms with Gasteiger partial charge < -0.3 is 27.1 Å². The van der Waals surface area contributed by atoms with Crippen molar-refractivity contribution in [1.29, 1.82) is 5.41 Å². The van der Waals surface area contributed by atoms with Crippen molar-refractivity contribution < 1.29 is 0 Å². The highest BCUT2D eigenvalue weighted by molar-refractivity contribution is 5.82. The zero-order chi connectivity index (χ0) is 28.1. The Balaban J connectivity index is 1.30. The SMILES string of the molecule is C[C@H](N)CCCc1cccc(-c2cc3cn(-c4ccc([C@@H]5CCC[C@@H](CCNC(=N)N)N5)cc4)c(=O)nc3[nH]2)c1. The normalized spacial score (nSPS) is 18.1. The van der Waals surface area contributed by atoms with E-state index in [1.165, 1.54) is 11.1 Å². The number of benzene rings is 2. The lowest BCUT2D eigenvalue weighted by Gasteiger charge is -2.31. The first kappa shape index (κ1) is 27.6. The summed E-state index contributed by atoms with van der Waals surface area (Å²) < 4.78 is 1.61. The van der Waals surface area contributed by atoms with E-state index in [4.69, 9.17) is 16.9 Å². The largest absolute Gasteiger partial charge is 0.370 e. The summed E-state index contributed by atoms with van der Waals surface area (Å²) in [4.78, 5) is 20.6. The first-order chi connectivity index (χ1) is 19.4. The van der Waals surface area contributed by atoms with Crippen LogP contribution in [0.3, 0.4) is 0 Å². The van der Waals surface area contributed by atoms with Crippen molar-refractivity contribution in [2.24, 2.45) is 11.5 Å². The van der Waals surface area contributed by atoms with Gasteiger partial charge >= 0.3 is 5.69 Å². The number of fused-ring (bicyclic) bond motifs is 1. The smallest absolute Gasteiger partial charge is 0.354 e. The molecule has 0 spiro atoms. The molecule has 0 radical (unpaired) electrons. The summed E-state index contributed by atoms with van der Waals surface area (Å²) >= 11 is 0. The fourth-order valence-electron chi connectivity index (χ4n) is 5.62. The molecule has 2 aromatic carbocycles. The van der Waals surface area contributed by atoms with Crippen LogP contribution < -0.4 is 27.8 Å². The minimum absolute atomic E-state index is 0.0136. The molecule has 0 saturated carbocycles. The van der Waals surface area contributed by atoms with Crippen LogP contribution in [0.1, 0.15) is 62.6 Å². The molecule has 3 heterocycles. The molecule has 1 aliphatic rings. The van der Waals surface area contributed by atoms with E-state index in [1.807, 2.05) is 25.3 Å². The van der Waals surface area contributed by atoms with Crippen molar-refractivity contribution in [3.63, 3.8) is 0 Å². The number of aromatic amines is 1. The van der Waals surface area contributed by atoms with E-state index in [2.05, 4.69) is 63.1 Å². The van der Waals surface area contributed by atoms with Crippen molar-refractivity contribution >= 4 is 17.0 Å². The van der Waals surface area contributed by atoms with E-state index < -0.39 is 0 Å². The zero-order valence-electron chi connectivity index (χ0n) is 23.1. The molecule has 9 nitrogen and oxygen atoms in total. The van der Waals surface area contributed by atoms with Crippen molar-refractivity contribution in [2.45, 2.75) is 70.0 Å². The number of nitrogens with two attached hydrogens (primary N) is 2. The molecule has 1 aliphatic heterocycles. The van der Waals surface area contributed by atoms with E-state index in [0.717, 1.165) is 67.3 Å². The minimum Gasteiger partial charge on any atom is -0.370 e. The first-order valence-electron chi connectivity index (χ1n) is 14.3. The molecule has 8 N–H and O–H groups in total. The van der Waals surface area contributed by atoms with Crippen LogP contribution in [0.25, 0.3) is 28.0 Å². The van der Waals surface area contributed by atoms with Crippen LogP contribution in [0.15, 0.2) is 65.6 Å². The molecule has 1 fully saturated rings. The van der Waals surface area contributed by atoms with Gasteiger partial charge in [0.05, 0.1) is 5.69 Å². The third-order valence-electron chi connectivity index (χ3n) is 7.74. The summed E-state index contributed by atoms with van der Waals surface area (Å²) in [6.45, 7) is 2.73. The first-order valence-corrected chi connectivity index (χ1v) is 14.3. The fourth-order valence-corrected chi connectivity index (χ4v) is 5.62. The molecule has 9 heteroatoms. The quantitative estimate of drug-likeness (QED) is 0.132. The highest BCUT2D eigenvalue weighted by Gasteiger charge is 2.22. The Bertz CT molecular complexity index is 1500. The van der Waals surface area contributed by atoms with Gasteiger partial charge in [0.25, 0.3) is 0 Å². The second-order valence-electron chi connectivity index (χ2n) is 11.0. The highest BCUT2D eigenvalue weighted by Crippen LogP contribution is 2.28. The molecule has 5 rings (SSSR count). The van der Waals surface area contributed by atoms with Gasteiger partial charge in [-0.1, -0.05) is 36.8 Å². The van der Waals surface area contributed by atoms with Gasteiger partial charge in [0.15, 0.2) is 5.96 Å². The molecule has 2 aromatic heterocycles. The number of hydrogen-bond donors (Lipinski definition) is 6. The molecule has 0 amide bonds. The maximum Gasteiger partial charge on any atom is 0.354 e. The lowest BCUT2D eigenvalue weighted by Crippen LogP contribution is -2.40. The van der Waals surface area contributed by atoms with Crippen LogP contribution in [0.4, 0.5) is 0 Å². The van der Waals surface area contributed by atoms with Gasteiger partial charge in [0, 0.05) is 41.9 Å². The predicted octanol–water partition coefficient (Wildman–Crippen LogP) is 4.11. The van der Waals surface area contributed by atoms with E-state index in [9.17, 15) is 4.79 Å². The van der Waals surface area contributed by atoms with Gasteiger partial charge in [-0.05, 0) is 86.4 Å². The number of hydrogen-bond acceptors (Lipinski definition) is 5. The summed E-state index contributed by atoms with van der Waals surface area (Å²) in [5, 5.41) is 14.8. The van der Waals surface area contributed by atoms with Crippen molar-refractivity contribution in [2.75, 3.05) is 6.54 Å². The van der Waals surface area contributed by atoms with E-state index in [-0.39, 0.29) is 23.7 Å². The van der Waals surface area contributed by atoms with Gasteiger partial charge in [-0.3, -0.25) is 9.98 Å². The van der Waals surface area contributed by atoms with Gasteiger partial charge in [-0.2, -0.15) is 4.98 Å². The average molecular weight is 541 g/mol. The summed E-state index contributed by atoms with van der Waals surface area (Å²) in [5.41, 5.74) is 16.9. The molecular weight excluding hydrogens is 500 g/mol. The lowest BCUT2D eigenvalue weighted by molar-refractivity contribution is 0.312. The number of nitrogens with one attached hydrogen (secondary N) is 4. The predicted molar refractivity (Wildman–Crippen MR) is 162 cm³/mol. The van der Waals surface area contributed by atoms with Crippen LogP contribution in [0.5, 0.6) is 0 Å². The Morgan fingerprint density at radius 3 is 2.80 bits per heavy atom. The molecular formula is C31H40N8O. The Kier molecular flexibility index (Phi) is 8.62. The van der Waals surface area contributed by atoms with Gasteiger partial charge in [-0.15, -0.1) is 0 Å². The van der Waals surface area contributed by atoms with E-state index in [0.29, 0.717) is 18.2 Å². The maximum absolute atomic E-state index is 13.0. The molecule has 1 saturated heterocycles. The molecule has 3 atom stereocenters. The van der Waals surface area contributed by atoms with Gasteiger partial charge in [-0.25, -0.2) is 4.79 Å². The zero-order valence-corrected chi connectivity index (χ0v) is 23.1. The number of rotatable bonds is 10. The summed E-state index contributed by atoms with van der Waals surface area (Å²) in [5.74, 6) is 0.0136. The Hall–Kier alpha value is -3.95. The number of H-pyrrole nitrogens is 1. The van der Waals surface area contributed by atoms with Crippen LogP contribution in [0, 0.1) is 5.41 Å². The van der Waals surface area contributed by atoms with Crippen molar-refractivity contribution in [3.8, 4) is 16.9 Å². The number of aryl methyl sites for hydroxylation is 1. The molecule has 0 aliphatic carbocycles. The molecule has 4 aromatic rings. The van der Waals surface area contributed by atoms with Gasteiger partial charge in [0.2, 0.25) is 0 Å². The fraction of sp³-hybridized carbons (Fsp3) is 0.387. The van der Waals surface area contributed by atoms with Crippen LogP contribution >= 0.6 is 0 Å². The number of aromatic nitrogens is 3. The van der Waals surface area contributed by atoms with Crippen molar-refractivity contribution in [3.05, 3.63) is 82.4 Å². The Morgan fingerprint density at radius 2 is 2.02 bits per heavy atom. The highest BCUT2D eigenvalue weighted by atomic mass is 16.1. The number of piperidine rings is 1. The minimum atomic E-state index is -0.313. The molecule has 40 heavy (non-hydrogen) atoms. The van der Waals surface area contributed by atoms with Crippen LogP contribution in [-0.2, 0) is 6.42 Å². The summed E-state index contributed by atoms with van der Waals surface area (Å²) in [7, 11) is 0. The second-order valence-corrected chi connectivity index (χ2v) is 11.0. The molecule has 0 unspecified atom stereocenters. The Labute approximate surface area is 234 Å². The summed E-state index contributed by atoms with van der Waals surface area (Å²) in [6.07, 6.45) is 9.18. The van der Waals surface area contributed by atoms with Crippen LogP contribution in [0.2, 0.25) is 0 Å². The van der Waals surface area contributed by atoms with Gasteiger partial charge in [0.1, 0.15) is 5.65 Å². The lowest BCUT2D eigenvalue weighted by atomic mass is 9.92. The third-order valence-corrected chi connectivity index (χ3v) is 7.74. The molecule has 0 bridgehead atoms. The number of nitrogens with zero attached hydrogens (tertiary/aromatic N) is 2. The number of guanidine groups is 1. The maximum atomic E-state index is 13.0. The third kappa shape index (κ3) is 6.78. The van der Waals surface area contributed by atoms with Crippen molar-refractivity contribution in [1.82, 2.24) is 25.2 Å². The Morgan fingerprint density at radius 1 is 1.20 bits per heavy atom. The second kappa shape index (κ2) is 12.5. The standard InChI is InChI=1S/C31H40N8O/c1-20(32)5-2-6-21-7-3-8-23(17-21)28-18-24-19-39(31(40)38-29(24)37-28)26-13-11-22(12-14-26)27-10-4-9-25(36-27)15-16-35-30(33)34/h3,7-8,11-14,17-20,25,27,36H,2,4-6,9-10,15-16,32H2,1H3,(H4,33,34,35)(H,37,38,40)/t20-,25-,27-/m0/s1. The van der Waals surface area contributed by atoms with Crippen LogP contribution in [-0.4, -0.2) is 39.1 Å². The van der Waals surface area contributed by atoms with E-state index in [1.54, 1.807) is 4.57 Å². The van der Waals surface area contributed by atoms with E-state index >= 15 is 0 Å². The summed E-state index contributed by atoms with van der Waals surface area (Å²) in [6, 6.07) is 19.6. The monoisotopic (exact) mass is 540 g/mol. The average Bonchev–Trinajstić information content (AvgIpc) is 3.36. The molecule has 210 valence electrons.